The molecule has 1 unspecified atom stereocenters. The summed E-state index contributed by atoms with van der Waals surface area (Å²) in [6.45, 7) is 4.20. The largest absolute Gasteiger partial charge is 0.340 e. The van der Waals surface area contributed by atoms with Gasteiger partial charge in [-0.1, -0.05) is 18.2 Å². The summed E-state index contributed by atoms with van der Waals surface area (Å²) in [5.74, 6) is 0.188. The molecular formula is C19H25N3O. The molecule has 0 radical (unpaired) electrons. The van der Waals surface area contributed by atoms with Crippen molar-refractivity contribution in [3.8, 4) is 0 Å². The standard InChI is InChI=1S/C19H25N3O/c1-20-17-9-3-2-7-15(17)13-18(20)19(23)22-12-6-8-16(14-22)21-10-4-5-11-21/h2-3,7,9,13,16H,4-6,8,10-12,14H2,1H3. The van der Waals surface area contributed by atoms with E-state index in [9.17, 15) is 4.79 Å². The van der Waals surface area contributed by atoms with Crippen molar-refractivity contribution < 1.29 is 4.79 Å². The molecule has 2 saturated heterocycles. The lowest BCUT2D eigenvalue weighted by atomic mass is 10.0. The molecule has 122 valence electrons. The number of benzene rings is 1. The molecule has 0 spiro atoms. The fourth-order valence-electron chi connectivity index (χ4n) is 4.20. The summed E-state index contributed by atoms with van der Waals surface area (Å²) in [6.07, 6.45) is 4.98. The van der Waals surface area contributed by atoms with Crippen LogP contribution >= 0.6 is 0 Å². The summed E-state index contributed by atoms with van der Waals surface area (Å²) >= 11 is 0. The number of likely N-dealkylation sites (tertiary alicyclic amines) is 2. The third-order valence-corrected chi connectivity index (χ3v) is 5.51. The Labute approximate surface area is 137 Å². The van der Waals surface area contributed by atoms with Crippen LogP contribution < -0.4 is 0 Å². The van der Waals surface area contributed by atoms with Crippen molar-refractivity contribution in [3.05, 3.63) is 36.0 Å². The number of hydrogen-bond acceptors (Lipinski definition) is 2. The predicted molar refractivity (Wildman–Crippen MR) is 92.7 cm³/mol. The zero-order valence-corrected chi connectivity index (χ0v) is 13.9. The number of nitrogens with zero attached hydrogens (tertiary/aromatic N) is 3. The lowest BCUT2D eigenvalue weighted by molar-refractivity contribution is 0.0599. The third kappa shape index (κ3) is 2.65. The number of fused-ring (bicyclic) bond motifs is 1. The second-order valence-corrected chi connectivity index (χ2v) is 6.94. The van der Waals surface area contributed by atoms with E-state index in [0.717, 1.165) is 36.1 Å². The maximum Gasteiger partial charge on any atom is 0.270 e. The van der Waals surface area contributed by atoms with Gasteiger partial charge in [-0.15, -0.1) is 0 Å². The van der Waals surface area contributed by atoms with Gasteiger partial charge in [0.05, 0.1) is 0 Å². The first-order chi connectivity index (χ1) is 11.2. The molecule has 4 heteroatoms. The Morgan fingerprint density at radius 3 is 2.65 bits per heavy atom. The van der Waals surface area contributed by atoms with Crippen molar-refractivity contribution >= 4 is 16.8 Å². The van der Waals surface area contributed by atoms with Gasteiger partial charge in [0.2, 0.25) is 0 Å². The van der Waals surface area contributed by atoms with Gasteiger partial charge in [0.15, 0.2) is 0 Å². The van der Waals surface area contributed by atoms with E-state index in [1.807, 2.05) is 29.8 Å². The summed E-state index contributed by atoms with van der Waals surface area (Å²) in [4.78, 5) is 17.7. The van der Waals surface area contributed by atoms with E-state index in [2.05, 4.69) is 21.9 Å². The molecule has 2 aliphatic heterocycles. The second-order valence-electron chi connectivity index (χ2n) is 6.94. The van der Waals surface area contributed by atoms with Crippen LogP contribution in [0.2, 0.25) is 0 Å². The second kappa shape index (κ2) is 6.00. The Bertz CT molecular complexity index is 714. The van der Waals surface area contributed by atoms with Crippen LogP contribution in [0.15, 0.2) is 30.3 Å². The van der Waals surface area contributed by atoms with Crippen LogP contribution in [0.1, 0.15) is 36.2 Å². The minimum absolute atomic E-state index is 0.188. The van der Waals surface area contributed by atoms with Crippen molar-refractivity contribution in [1.82, 2.24) is 14.4 Å². The van der Waals surface area contributed by atoms with E-state index in [1.54, 1.807) is 0 Å². The molecule has 2 fully saturated rings. The van der Waals surface area contributed by atoms with E-state index < -0.39 is 0 Å². The van der Waals surface area contributed by atoms with Crippen molar-refractivity contribution in [2.45, 2.75) is 31.7 Å². The van der Waals surface area contributed by atoms with Gasteiger partial charge in [-0.05, 0) is 50.9 Å². The predicted octanol–water partition coefficient (Wildman–Crippen LogP) is 2.88. The molecule has 1 amide bonds. The highest BCUT2D eigenvalue weighted by Gasteiger charge is 2.30. The number of rotatable bonds is 2. The van der Waals surface area contributed by atoms with Gasteiger partial charge in [0, 0.05) is 37.1 Å². The lowest BCUT2D eigenvalue weighted by Gasteiger charge is -2.37. The highest BCUT2D eigenvalue weighted by atomic mass is 16.2. The van der Waals surface area contributed by atoms with Crippen molar-refractivity contribution in [2.24, 2.45) is 7.05 Å². The molecule has 4 rings (SSSR count). The number of amides is 1. The molecule has 0 aliphatic carbocycles. The van der Waals surface area contributed by atoms with Gasteiger partial charge in [-0.3, -0.25) is 9.69 Å². The van der Waals surface area contributed by atoms with Crippen LogP contribution in [0, 0.1) is 0 Å². The number of piperidine rings is 1. The normalized spacial score (nSPS) is 22.8. The Balaban J connectivity index is 1.56. The van der Waals surface area contributed by atoms with E-state index in [4.69, 9.17) is 0 Å². The summed E-state index contributed by atoms with van der Waals surface area (Å²) in [7, 11) is 2.00. The molecule has 4 nitrogen and oxygen atoms in total. The molecule has 23 heavy (non-hydrogen) atoms. The summed E-state index contributed by atoms with van der Waals surface area (Å²) in [5.41, 5.74) is 1.94. The SMILES string of the molecule is Cn1c(C(=O)N2CCCC(N3CCCC3)C2)cc2ccccc21. The number of aryl methyl sites for hydroxylation is 1. The van der Waals surface area contributed by atoms with Crippen LogP contribution in [0.25, 0.3) is 10.9 Å². The van der Waals surface area contributed by atoms with Crippen LogP contribution in [0.5, 0.6) is 0 Å². The Hall–Kier alpha value is -1.81. The average molecular weight is 311 g/mol. The molecule has 0 N–H and O–H groups in total. The van der Waals surface area contributed by atoms with Gasteiger partial charge in [0.25, 0.3) is 5.91 Å². The van der Waals surface area contributed by atoms with E-state index >= 15 is 0 Å². The number of para-hydroxylation sites is 1. The maximum absolute atomic E-state index is 13.0. The lowest BCUT2D eigenvalue weighted by Crippen LogP contribution is -2.49. The number of carbonyl (C=O) groups excluding carboxylic acids is 1. The zero-order chi connectivity index (χ0) is 15.8. The first-order valence-corrected chi connectivity index (χ1v) is 8.82. The number of aromatic nitrogens is 1. The van der Waals surface area contributed by atoms with Crippen molar-refractivity contribution in [2.75, 3.05) is 26.2 Å². The van der Waals surface area contributed by atoms with Gasteiger partial charge in [-0.25, -0.2) is 0 Å². The first kappa shape index (κ1) is 14.8. The van der Waals surface area contributed by atoms with Crippen LogP contribution in [-0.4, -0.2) is 52.5 Å². The molecule has 1 aromatic carbocycles. The van der Waals surface area contributed by atoms with Crippen LogP contribution in [0.3, 0.4) is 0 Å². The minimum atomic E-state index is 0.188. The minimum Gasteiger partial charge on any atom is -0.340 e. The van der Waals surface area contributed by atoms with Gasteiger partial charge in [-0.2, -0.15) is 0 Å². The number of carbonyl (C=O) groups is 1. The summed E-state index contributed by atoms with van der Waals surface area (Å²) < 4.78 is 2.04. The quantitative estimate of drug-likeness (QED) is 0.853. The Kier molecular flexibility index (Phi) is 3.85. The number of hydrogen-bond donors (Lipinski definition) is 0. The van der Waals surface area contributed by atoms with E-state index in [-0.39, 0.29) is 5.91 Å². The van der Waals surface area contributed by atoms with Crippen molar-refractivity contribution in [1.29, 1.82) is 0 Å². The molecule has 2 aliphatic rings. The topological polar surface area (TPSA) is 28.5 Å². The van der Waals surface area contributed by atoms with Crippen LogP contribution in [-0.2, 0) is 7.05 Å². The fourth-order valence-corrected chi connectivity index (χ4v) is 4.20. The van der Waals surface area contributed by atoms with Gasteiger partial charge in [0.1, 0.15) is 5.69 Å². The van der Waals surface area contributed by atoms with Gasteiger partial charge < -0.3 is 9.47 Å². The summed E-state index contributed by atoms with van der Waals surface area (Å²) in [6, 6.07) is 10.8. The Morgan fingerprint density at radius 1 is 1.09 bits per heavy atom. The molecular weight excluding hydrogens is 286 g/mol. The monoisotopic (exact) mass is 311 g/mol. The average Bonchev–Trinajstić information content (AvgIpc) is 3.23. The summed E-state index contributed by atoms with van der Waals surface area (Å²) in [5, 5.41) is 1.14. The highest BCUT2D eigenvalue weighted by Crippen LogP contribution is 2.24. The molecule has 3 heterocycles. The third-order valence-electron chi connectivity index (χ3n) is 5.51. The molecule has 2 aromatic rings. The van der Waals surface area contributed by atoms with Crippen molar-refractivity contribution in [3.63, 3.8) is 0 Å². The Morgan fingerprint density at radius 2 is 1.87 bits per heavy atom. The van der Waals surface area contributed by atoms with Gasteiger partial charge >= 0.3 is 0 Å². The molecule has 0 saturated carbocycles. The molecule has 1 atom stereocenters. The smallest absolute Gasteiger partial charge is 0.270 e. The van der Waals surface area contributed by atoms with E-state index in [0.29, 0.717) is 6.04 Å². The van der Waals surface area contributed by atoms with E-state index in [1.165, 1.54) is 32.4 Å². The van der Waals surface area contributed by atoms with Crippen LogP contribution in [0.4, 0.5) is 0 Å². The fraction of sp³-hybridized carbons (Fsp3) is 0.526. The maximum atomic E-state index is 13.0. The molecule has 0 bridgehead atoms. The molecule has 1 aromatic heterocycles. The highest BCUT2D eigenvalue weighted by molar-refractivity contribution is 5.98. The zero-order valence-electron chi connectivity index (χ0n) is 13.9. The first-order valence-electron chi connectivity index (χ1n) is 8.82.